The zero-order chi connectivity index (χ0) is 20.0. The first-order valence-electron chi connectivity index (χ1n) is 9.05. The summed E-state index contributed by atoms with van der Waals surface area (Å²) in [6.45, 7) is 7.26. The molecule has 0 bridgehead atoms. The van der Waals surface area contributed by atoms with Gasteiger partial charge in [0, 0.05) is 18.3 Å². The Hall–Kier alpha value is -2.89. The molecule has 0 spiro atoms. The molecule has 2 rings (SSSR count). The highest BCUT2D eigenvalue weighted by molar-refractivity contribution is 5.97. The van der Waals surface area contributed by atoms with Crippen LogP contribution in [0.1, 0.15) is 45.6 Å². The van der Waals surface area contributed by atoms with Crippen molar-refractivity contribution in [2.24, 2.45) is 0 Å². The zero-order valence-corrected chi connectivity index (χ0v) is 16.1. The Bertz CT molecular complexity index is 823. The fraction of sp³-hybridized carbons (Fsp3) is 0.333. The van der Waals surface area contributed by atoms with Crippen LogP contribution in [-0.4, -0.2) is 17.9 Å². The summed E-state index contributed by atoms with van der Waals surface area (Å²) in [6.07, 6.45) is 0.974. The average Bonchev–Trinajstić information content (AvgIpc) is 2.63. The van der Waals surface area contributed by atoms with Crippen LogP contribution in [0.3, 0.4) is 0 Å². The van der Waals surface area contributed by atoms with Gasteiger partial charge in [0.1, 0.15) is 11.9 Å². The predicted molar refractivity (Wildman–Crippen MR) is 108 cm³/mol. The smallest absolute Gasteiger partial charge is 0.246 e. The van der Waals surface area contributed by atoms with Crippen molar-refractivity contribution in [3.63, 3.8) is 0 Å². The van der Waals surface area contributed by atoms with Crippen molar-refractivity contribution in [3.05, 3.63) is 53.8 Å². The van der Waals surface area contributed by atoms with Gasteiger partial charge in [-0.15, -0.1) is 0 Å². The van der Waals surface area contributed by atoms with E-state index in [-0.39, 0.29) is 17.5 Å². The van der Waals surface area contributed by atoms with Crippen LogP contribution in [0.5, 0.6) is 0 Å². The number of amides is 2. The molecule has 144 valence electrons. The lowest BCUT2D eigenvalue weighted by Crippen LogP contribution is -2.32. The summed E-state index contributed by atoms with van der Waals surface area (Å²) in [5.74, 6) is -0.757. The normalized spacial score (nSPS) is 12.8. The molecule has 2 aromatic carbocycles. The van der Waals surface area contributed by atoms with Crippen LogP contribution >= 0.6 is 0 Å². The highest BCUT2D eigenvalue weighted by Crippen LogP contribution is 2.27. The van der Waals surface area contributed by atoms with E-state index in [0.717, 1.165) is 17.7 Å². The third-order valence-electron chi connectivity index (χ3n) is 4.42. The van der Waals surface area contributed by atoms with Gasteiger partial charge in [0.05, 0.1) is 5.69 Å². The number of halogens is 1. The van der Waals surface area contributed by atoms with Crippen LogP contribution in [0, 0.1) is 5.82 Å². The molecule has 0 saturated carbocycles. The average molecular weight is 371 g/mol. The third-order valence-corrected chi connectivity index (χ3v) is 4.42. The van der Waals surface area contributed by atoms with Crippen molar-refractivity contribution >= 4 is 28.9 Å². The monoisotopic (exact) mass is 371 g/mol. The molecule has 6 heteroatoms. The van der Waals surface area contributed by atoms with Crippen molar-refractivity contribution in [1.82, 2.24) is 0 Å². The summed E-state index contributed by atoms with van der Waals surface area (Å²) in [7, 11) is 0. The van der Waals surface area contributed by atoms with Gasteiger partial charge in [-0.1, -0.05) is 32.0 Å². The molecule has 3 N–H and O–H groups in total. The van der Waals surface area contributed by atoms with E-state index in [0.29, 0.717) is 11.6 Å². The van der Waals surface area contributed by atoms with Crippen LogP contribution in [-0.2, 0) is 9.59 Å². The Morgan fingerprint density at radius 3 is 2.41 bits per heavy atom. The minimum absolute atomic E-state index is 0.0715. The van der Waals surface area contributed by atoms with E-state index >= 15 is 0 Å². The van der Waals surface area contributed by atoms with Gasteiger partial charge >= 0.3 is 0 Å². The number of carbonyl (C=O) groups is 2. The number of hydrogen-bond donors (Lipinski definition) is 3. The maximum absolute atomic E-state index is 13.7. The second-order valence-corrected chi connectivity index (χ2v) is 6.63. The first kappa shape index (κ1) is 20.4. The van der Waals surface area contributed by atoms with Gasteiger partial charge in [0.2, 0.25) is 11.8 Å². The van der Waals surface area contributed by atoms with E-state index in [1.54, 1.807) is 6.92 Å². The van der Waals surface area contributed by atoms with E-state index in [1.165, 1.54) is 25.1 Å². The number of hydrogen-bond acceptors (Lipinski definition) is 3. The molecule has 27 heavy (non-hydrogen) atoms. The van der Waals surface area contributed by atoms with Gasteiger partial charge in [0.25, 0.3) is 0 Å². The number of anilines is 3. The van der Waals surface area contributed by atoms with Crippen molar-refractivity contribution in [1.29, 1.82) is 0 Å². The molecule has 0 heterocycles. The van der Waals surface area contributed by atoms with Crippen LogP contribution in [0.25, 0.3) is 0 Å². The van der Waals surface area contributed by atoms with E-state index in [9.17, 15) is 14.0 Å². The Labute approximate surface area is 159 Å². The van der Waals surface area contributed by atoms with Crippen molar-refractivity contribution in [2.75, 3.05) is 16.0 Å². The van der Waals surface area contributed by atoms with Gasteiger partial charge in [-0.25, -0.2) is 4.39 Å². The molecule has 0 aromatic heterocycles. The lowest BCUT2D eigenvalue weighted by molar-refractivity contribution is -0.116. The lowest BCUT2D eigenvalue weighted by atomic mass is 9.97. The van der Waals surface area contributed by atoms with Crippen LogP contribution < -0.4 is 16.0 Å². The van der Waals surface area contributed by atoms with E-state index in [1.807, 2.05) is 24.3 Å². The Balaban J connectivity index is 2.10. The van der Waals surface area contributed by atoms with E-state index in [2.05, 4.69) is 29.8 Å². The topological polar surface area (TPSA) is 70.2 Å². The SMILES string of the molecule is CCC(C)c1ccccc1NC(=O)C(C)Nc1ccc(F)c(NC(C)=O)c1. The minimum atomic E-state index is -0.550. The summed E-state index contributed by atoms with van der Waals surface area (Å²) in [6, 6.07) is 11.4. The number of rotatable bonds is 7. The van der Waals surface area contributed by atoms with Crippen molar-refractivity contribution in [2.45, 2.75) is 46.1 Å². The molecule has 2 unspecified atom stereocenters. The second kappa shape index (κ2) is 9.16. The first-order chi connectivity index (χ1) is 12.8. The second-order valence-electron chi connectivity index (χ2n) is 6.63. The van der Waals surface area contributed by atoms with Gasteiger partial charge in [-0.3, -0.25) is 9.59 Å². The highest BCUT2D eigenvalue weighted by atomic mass is 19.1. The highest BCUT2D eigenvalue weighted by Gasteiger charge is 2.16. The first-order valence-corrected chi connectivity index (χ1v) is 9.05. The fourth-order valence-electron chi connectivity index (χ4n) is 2.72. The van der Waals surface area contributed by atoms with Crippen LogP contribution in [0.4, 0.5) is 21.5 Å². The van der Waals surface area contributed by atoms with E-state index in [4.69, 9.17) is 0 Å². The molecule has 2 aromatic rings. The van der Waals surface area contributed by atoms with Crippen LogP contribution in [0.15, 0.2) is 42.5 Å². The molecule has 5 nitrogen and oxygen atoms in total. The number of carbonyl (C=O) groups excluding carboxylic acids is 2. The molecule has 2 amide bonds. The maximum atomic E-state index is 13.7. The molecule has 2 atom stereocenters. The van der Waals surface area contributed by atoms with Crippen molar-refractivity contribution in [3.8, 4) is 0 Å². The fourth-order valence-corrected chi connectivity index (χ4v) is 2.72. The molecular weight excluding hydrogens is 345 g/mol. The molecule has 0 aliphatic rings. The van der Waals surface area contributed by atoms with Gasteiger partial charge in [-0.2, -0.15) is 0 Å². The number of nitrogens with one attached hydrogen (secondary N) is 3. The van der Waals surface area contributed by atoms with Crippen molar-refractivity contribution < 1.29 is 14.0 Å². The summed E-state index contributed by atoms with van der Waals surface area (Å²) >= 11 is 0. The summed E-state index contributed by atoms with van der Waals surface area (Å²) in [4.78, 5) is 23.8. The largest absolute Gasteiger partial charge is 0.374 e. The quantitative estimate of drug-likeness (QED) is 0.658. The maximum Gasteiger partial charge on any atom is 0.246 e. The summed E-state index contributed by atoms with van der Waals surface area (Å²) < 4.78 is 13.7. The molecule has 0 aliphatic carbocycles. The number of benzene rings is 2. The molecular formula is C21H26FN3O2. The van der Waals surface area contributed by atoms with Gasteiger partial charge in [0.15, 0.2) is 0 Å². The molecule has 0 aliphatic heterocycles. The standard InChI is InChI=1S/C21H26FN3O2/c1-5-13(2)17-8-6-7-9-19(17)25-21(27)14(3)23-16-10-11-18(22)20(12-16)24-15(4)26/h6-14,23H,5H2,1-4H3,(H,24,26)(H,25,27). The summed E-state index contributed by atoms with van der Waals surface area (Å²) in [5.41, 5.74) is 2.50. The lowest BCUT2D eigenvalue weighted by Gasteiger charge is -2.19. The van der Waals surface area contributed by atoms with Gasteiger partial charge < -0.3 is 16.0 Å². The van der Waals surface area contributed by atoms with E-state index < -0.39 is 11.9 Å². The Morgan fingerprint density at radius 2 is 1.74 bits per heavy atom. The van der Waals surface area contributed by atoms with Gasteiger partial charge in [-0.05, 0) is 49.1 Å². The minimum Gasteiger partial charge on any atom is -0.374 e. The number of para-hydroxylation sites is 1. The zero-order valence-electron chi connectivity index (χ0n) is 16.1. The van der Waals surface area contributed by atoms with Crippen LogP contribution in [0.2, 0.25) is 0 Å². The molecule has 0 saturated heterocycles. The summed E-state index contributed by atoms with van der Waals surface area (Å²) in [5, 5.41) is 8.42. The molecule has 0 radical (unpaired) electrons. The Morgan fingerprint density at radius 1 is 1.04 bits per heavy atom. The molecule has 0 fully saturated rings. The predicted octanol–water partition coefficient (Wildman–Crippen LogP) is 4.74. The Kier molecular flexibility index (Phi) is 6.93. The third kappa shape index (κ3) is 5.54.